The van der Waals surface area contributed by atoms with Crippen molar-refractivity contribution in [1.29, 1.82) is 0 Å². The Labute approximate surface area is 248 Å². The number of benzene rings is 3. The average Bonchev–Trinajstić information content (AvgIpc) is 3.51. The molecule has 0 saturated carbocycles. The van der Waals surface area contributed by atoms with Crippen molar-refractivity contribution in [2.45, 2.75) is 51.3 Å². The molecule has 1 atom stereocenters. The number of carbonyl (C=O) groups excluding carboxylic acids is 1. The van der Waals surface area contributed by atoms with Gasteiger partial charge in [-0.3, -0.25) is 0 Å². The normalized spacial score (nSPS) is 14.8. The van der Waals surface area contributed by atoms with Gasteiger partial charge in [-0.1, -0.05) is 96.6 Å². The first-order chi connectivity index (χ1) is 20.6. The summed E-state index contributed by atoms with van der Waals surface area (Å²) in [5.41, 5.74) is 4.48. The lowest BCUT2D eigenvalue weighted by atomic mass is 9.94. The van der Waals surface area contributed by atoms with Gasteiger partial charge in [-0.15, -0.1) is 11.7 Å². The van der Waals surface area contributed by atoms with Crippen LogP contribution < -0.4 is 0 Å². The van der Waals surface area contributed by atoms with Crippen LogP contribution in [0, 0.1) is 6.92 Å². The lowest BCUT2D eigenvalue weighted by Crippen LogP contribution is -2.47. The Morgan fingerprint density at radius 3 is 2.40 bits per heavy atom. The maximum Gasteiger partial charge on any atom is 0.410 e. The molecule has 1 saturated heterocycles. The Bertz CT molecular complexity index is 1400. The summed E-state index contributed by atoms with van der Waals surface area (Å²) < 4.78 is 7.61. The topological polar surface area (TPSA) is 76.4 Å². The summed E-state index contributed by atoms with van der Waals surface area (Å²) in [4.78, 5) is 17.4. The molecule has 2 heterocycles. The second-order valence-corrected chi connectivity index (χ2v) is 11.0. The molecule has 1 aliphatic rings. The zero-order valence-electron chi connectivity index (χ0n) is 24.4. The van der Waals surface area contributed by atoms with Crippen molar-refractivity contribution in [3.8, 4) is 11.4 Å². The minimum atomic E-state index is -0.270. The maximum absolute atomic E-state index is 13.0. The number of tetrazole rings is 1. The van der Waals surface area contributed by atoms with E-state index < -0.39 is 0 Å². The van der Waals surface area contributed by atoms with Gasteiger partial charge in [0.05, 0.1) is 6.54 Å². The van der Waals surface area contributed by atoms with E-state index in [1.54, 1.807) is 6.08 Å². The second kappa shape index (κ2) is 14.5. The third-order valence-electron chi connectivity index (χ3n) is 8.06. The van der Waals surface area contributed by atoms with Crippen LogP contribution in [0.5, 0.6) is 0 Å². The van der Waals surface area contributed by atoms with Crippen LogP contribution in [0.4, 0.5) is 4.79 Å². The average molecular weight is 565 g/mol. The van der Waals surface area contributed by atoms with Gasteiger partial charge in [-0.05, 0) is 54.3 Å². The van der Waals surface area contributed by atoms with E-state index in [9.17, 15) is 4.79 Å². The van der Waals surface area contributed by atoms with Gasteiger partial charge in [0.2, 0.25) is 0 Å². The summed E-state index contributed by atoms with van der Waals surface area (Å²) in [7, 11) is 0. The number of aryl methyl sites for hydroxylation is 1. The van der Waals surface area contributed by atoms with Crippen molar-refractivity contribution in [3.63, 3.8) is 0 Å². The van der Waals surface area contributed by atoms with Crippen molar-refractivity contribution in [1.82, 2.24) is 30.0 Å². The largest absolute Gasteiger partial charge is 0.445 e. The first-order valence-electron chi connectivity index (χ1n) is 14.8. The van der Waals surface area contributed by atoms with E-state index in [1.807, 2.05) is 71.1 Å². The highest BCUT2D eigenvalue weighted by Crippen LogP contribution is 2.26. The Morgan fingerprint density at radius 1 is 1.02 bits per heavy atom. The van der Waals surface area contributed by atoms with Crippen LogP contribution in [-0.2, 0) is 17.9 Å². The summed E-state index contributed by atoms with van der Waals surface area (Å²) in [6.07, 6.45) is 4.32. The van der Waals surface area contributed by atoms with Gasteiger partial charge in [0, 0.05) is 37.2 Å². The quantitative estimate of drug-likeness (QED) is 0.193. The molecule has 8 heteroatoms. The molecule has 8 nitrogen and oxygen atoms in total. The summed E-state index contributed by atoms with van der Waals surface area (Å²) in [6.45, 7) is 10.2. The first kappa shape index (κ1) is 29.2. The van der Waals surface area contributed by atoms with E-state index >= 15 is 0 Å². The Hall–Kier alpha value is -4.30. The number of piperidine rings is 1. The van der Waals surface area contributed by atoms with Crippen molar-refractivity contribution in [2.24, 2.45) is 0 Å². The molecule has 1 aliphatic heterocycles. The molecular formula is C34H40N6O2. The van der Waals surface area contributed by atoms with Gasteiger partial charge >= 0.3 is 6.09 Å². The van der Waals surface area contributed by atoms with Gasteiger partial charge in [-0.2, -0.15) is 0 Å². The van der Waals surface area contributed by atoms with E-state index in [4.69, 9.17) is 4.74 Å². The third-order valence-corrected chi connectivity index (χ3v) is 8.06. The molecular weight excluding hydrogens is 524 g/mol. The molecule has 3 aromatic carbocycles. The summed E-state index contributed by atoms with van der Waals surface area (Å²) in [5.74, 6) is 1.05. The molecule has 1 unspecified atom stereocenters. The molecule has 0 N–H and O–H groups in total. The van der Waals surface area contributed by atoms with Crippen LogP contribution in [0.3, 0.4) is 0 Å². The monoisotopic (exact) mass is 564 g/mol. The number of amides is 1. The van der Waals surface area contributed by atoms with Crippen LogP contribution in [0.1, 0.15) is 41.9 Å². The van der Waals surface area contributed by atoms with E-state index in [0.29, 0.717) is 13.1 Å². The fourth-order valence-corrected chi connectivity index (χ4v) is 5.64. The molecule has 1 fully saturated rings. The van der Waals surface area contributed by atoms with E-state index in [1.165, 1.54) is 11.1 Å². The molecule has 0 aliphatic carbocycles. The van der Waals surface area contributed by atoms with Crippen LogP contribution >= 0.6 is 0 Å². The van der Waals surface area contributed by atoms with Gasteiger partial charge < -0.3 is 14.5 Å². The van der Waals surface area contributed by atoms with Gasteiger partial charge in [0.25, 0.3) is 0 Å². The molecule has 0 bridgehead atoms. The molecule has 0 spiro atoms. The maximum atomic E-state index is 13.0. The minimum Gasteiger partial charge on any atom is -0.445 e. The zero-order valence-corrected chi connectivity index (χ0v) is 24.4. The Balaban J connectivity index is 1.17. The van der Waals surface area contributed by atoms with Crippen LogP contribution in [0.15, 0.2) is 97.6 Å². The van der Waals surface area contributed by atoms with Crippen molar-refractivity contribution < 1.29 is 9.53 Å². The SMILES string of the molecule is C=CCN(C(=O)OCc1ccc(C)cc1)C1CCN(CCC(Cn2nnnc2-c2ccccc2)c2ccccc2)CC1. The first-order valence-corrected chi connectivity index (χ1v) is 14.8. The predicted octanol–water partition coefficient (Wildman–Crippen LogP) is 6.11. The van der Waals surface area contributed by atoms with Gasteiger partial charge in [-0.25, -0.2) is 9.48 Å². The predicted molar refractivity (Wildman–Crippen MR) is 165 cm³/mol. The number of hydrogen-bond donors (Lipinski definition) is 0. The van der Waals surface area contributed by atoms with E-state index in [2.05, 4.69) is 57.3 Å². The van der Waals surface area contributed by atoms with Crippen LogP contribution in [0.25, 0.3) is 11.4 Å². The molecule has 218 valence electrons. The summed E-state index contributed by atoms with van der Waals surface area (Å²) in [6, 6.07) is 28.9. The number of likely N-dealkylation sites (tertiary alicyclic amines) is 1. The minimum absolute atomic E-state index is 0.143. The highest BCUT2D eigenvalue weighted by atomic mass is 16.6. The van der Waals surface area contributed by atoms with E-state index in [0.717, 1.165) is 55.8 Å². The van der Waals surface area contributed by atoms with Crippen molar-refractivity contribution in [2.75, 3.05) is 26.2 Å². The van der Waals surface area contributed by atoms with Gasteiger partial charge in [0.15, 0.2) is 5.82 Å². The number of carbonyl (C=O) groups is 1. The molecule has 1 aromatic heterocycles. The fourth-order valence-electron chi connectivity index (χ4n) is 5.64. The van der Waals surface area contributed by atoms with Crippen LogP contribution in [-0.4, -0.2) is 68.3 Å². The van der Waals surface area contributed by atoms with Crippen molar-refractivity contribution in [3.05, 3.63) is 114 Å². The van der Waals surface area contributed by atoms with Crippen molar-refractivity contribution >= 4 is 6.09 Å². The van der Waals surface area contributed by atoms with Crippen LogP contribution in [0.2, 0.25) is 0 Å². The molecule has 1 amide bonds. The standard InChI is InChI=1S/C34H40N6O2/c1-3-21-39(34(41)42-26-28-16-14-27(2)15-17-28)32-19-23-38(24-20-32)22-18-31(29-10-6-4-7-11-29)25-40-33(35-36-37-40)30-12-8-5-9-13-30/h3-17,31-32H,1,18-26H2,2H3. The molecule has 0 radical (unpaired) electrons. The van der Waals surface area contributed by atoms with Gasteiger partial charge in [0.1, 0.15) is 6.61 Å². The zero-order chi connectivity index (χ0) is 29.1. The molecule has 42 heavy (non-hydrogen) atoms. The number of ether oxygens (including phenoxy) is 1. The van der Waals surface area contributed by atoms with E-state index in [-0.39, 0.29) is 24.7 Å². The fraction of sp³-hybridized carbons (Fsp3) is 0.353. The lowest BCUT2D eigenvalue weighted by Gasteiger charge is -2.38. The third kappa shape index (κ3) is 7.70. The highest BCUT2D eigenvalue weighted by Gasteiger charge is 2.29. The number of hydrogen-bond acceptors (Lipinski definition) is 6. The number of nitrogens with zero attached hydrogens (tertiary/aromatic N) is 6. The summed E-state index contributed by atoms with van der Waals surface area (Å²) in [5, 5.41) is 12.6. The Morgan fingerprint density at radius 2 is 1.71 bits per heavy atom. The molecule has 5 rings (SSSR count). The highest BCUT2D eigenvalue weighted by molar-refractivity contribution is 5.68. The number of rotatable bonds is 12. The smallest absolute Gasteiger partial charge is 0.410 e. The Kier molecular flexibility index (Phi) is 10.1. The number of aromatic nitrogens is 4. The molecule has 4 aromatic rings. The lowest BCUT2D eigenvalue weighted by molar-refractivity contribution is 0.0654. The second-order valence-electron chi connectivity index (χ2n) is 11.0. The summed E-state index contributed by atoms with van der Waals surface area (Å²) >= 11 is 0.